The van der Waals surface area contributed by atoms with Gasteiger partial charge in [0.15, 0.2) is 5.78 Å². The Balaban J connectivity index is 1.91. The fourth-order valence-corrected chi connectivity index (χ4v) is 2.65. The summed E-state index contributed by atoms with van der Waals surface area (Å²) in [5, 5.41) is 8.34. The van der Waals surface area contributed by atoms with Crippen LogP contribution in [0.4, 0.5) is 0 Å². The molecule has 1 heterocycles. The van der Waals surface area contributed by atoms with Crippen molar-refractivity contribution >= 4 is 16.7 Å². The highest BCUT2D eigenvalue weighted by molar-refractivity contribution is 5.81. The van der Waals surface area contributed by atoms with Gasteiger partial charge in [-0.05, 0) is 25.0 Å². The van der Waals surface area contributed by atoms with Gasteiger partial charge in [-0.2, -0.15) is 0 Å². The van der Waals surface area contributed by atoms with Gasteiger partial charge in [-0.15, -0.1) is 5.10 Å². The lowest BCUT2D eigenvalue weighted by Gasteiger charge is -2.08. The normalized spacial score (nSPS) is 16.0. The van der Waals surface area contributed by atoms with Crippen molar-refractivity contribution in [2.75, 3.05) is 0 Å². The van der Waals surface area contributed by atoms with E-state index in [1.807, 2.05) is 6.07 Å². The van der Waals surface area contributed by atoms with Crippen molar-refractivity contribution in [3.05, 3.63) is 34.6 Å². The molecule has 1 aliphatic rings. The van der Waals surface area contributed by atoms with E-state index in [0.29, 0.717) is 10.9 Å². The molecule has 1 aromatic heterocycles. The first-order chi connectivity index (χ1) is 9.25. The van der Waals surface area contributed by atoms with Gasteiger partial charge in [0.2, 0.25) is 0 Å². The summed E-state index contributed by atoms with van der Waals surface area (Å²) in [5.41, 5.74) is 0.328. The Hall–Kier alpha value is -2.04. The second kappa shape index (κ2) is 4.91. The predicted molar refractivity (Wildman–Crippen MR) is 70.8 cm³/mol. The van der Waals surface area contributed by atoms with Crippen LogP contribution in [0.15, 0.2) is 29.1 Å². The summed E-state index contributed by atoms with van der Waals surface area (Å²) in [5.74, 6) is 0.198. The van der Waals surface area contributed by atoms with Crippen molar-refractivity contribution in [1.82, 2.24) is 15.0 Å². The van der Waals surface area contributed by atoms with Crippen LogP contribution in [0.25, 0.3) is 10.9 Å². The zero-order valence-corrected chi connectivity index (χ0v) is 10.6. The Morgan fingerprint density at radius 2 is 2.00 bits per heavy atom. The molecule has 0 spiro atoms. The third-order valence-electron chi connectivity index (χ3n) is 3.75. The summed E-state index contributed by atoms with van der Waals surface area (Å²) < 4.78 is 1.18. The topological polar surface area (TPSA) is 64.8 Å². The van der Waals surface area contributed by atoms with Crippen molar-refractivity contribution in [1.29, 1.82) is 0 Å². The molecule has 5 nitrogen and oxygen atoms in total. The first-order valence-corrected chi connectivity index (χ1v) is 6.61. The molecule has 0 bridgehead atoms. The number of benzene rings is 1. The van der Waals surface area contributed by atoms with Crippen molar-refractivity contribution < 1.29 is 4.79 Å². The third kappa shape index (κ3) is 2.28. The highest BCUT2D eigenvalue weighted by Crippen LogP contribution is 2.25. The Morgan fingerprint density at radius 3 is 2.79 bits per heavy atom. The highest BCUT2D eigenvalue weighted by atomic mass is 16.1. The summed E-state index contributed by atoms with van der Waals surface area (Å²) in [6, 6.07) is 7.05. The fraction of sp³-hybridized carbons (Fsp3) is 0.429. The lowest BCUT2D eigenvalue weighted by Crippen LogP contribution is -2.30. The molecule has 0 unspecified atom stereocenters. The molecule has 2 aromatic rings. The van der Waals surface area contributed by atoms with Gasteiger partial charge in [-0.3, -0.25) is 9.59 Å². The molecular formula is C14H15N3O2. The van der Waals surface area contributed by atoms with Crippen LogP contribution in [0.2, 0.25) is 0 Å². The van der Waals surface area contributed by atoms with Crippen LogP contribution in [0.1, 0.15) is 25.7 Å². The van der Waals surface area contributed by atoms with Gasteiger partial charge in [0.25, 0.3) is 5.56 Å². The molecule has 0 aliphatic heterocycles. The Bertz CT molecular complexity index is 672. The molecule has 1 saturated carbocycles. The minimum Gasteiger partial charge on any atom is -0.297 e. The van der Waals surface area contributed by atoms with Crippen LogP contribution in [0, 0.1) is 5.92 Å². The number of hydrogen-bond acceptors (Lipinski definition) is 4. The molecule has 1 aliphatic carbocycles. The van der Waals surface area contributed by atoms with Crippen molar-refractivity contribution in [2.24, 2.45) is 5.92 Å². The van der Waals surface area contributed by atoms with Gasteiger partial charge in [-0.1, -0.05) is 30.2 Å². The first-order valence-electron chi connectivity index (χ1n) is 6.61. The van der Waals surface area contributed by atoms with Crippen LogP contribution >= 0.6 is 0 Å². The minimum atomic E-state index is -0.239. The van der Waals surface area contributed by atoms with Gasteiger partial charge >= 0.3 is 0 Å². The number of carbonyl (C=O) groups is 1. The fourth-order valence-electron chi connectivity index (χ4n) is 2.65. The monoisotopic (exact) mass is 257 g/mol. The Labute approximate surface area is 110 Å². The number of rotatable bonds is 3. The highest BCUT2D eigenvalue weighted by Gasteiger charge is 2.23. The molecule has 0 amide bonds. The number of aromatic nitrogens is 3. The SMILES string of the molecule is O=C(Cn1nnc2ccccc2c1=O)C1CCCC1. The summed E-state index contributed by atoms with van der Waals surface area (Å²) in [6.45, 7) is 0.0430. The lowest BCUT2D eigenvalue weighted by atomic mass is 10.0. The molecule has 98 valence electrons. The van der Waals surface area contributed by atoms with Crippen LogP contribution in [-0.2, 0) is 11.3 Å². The lowest BCUT2D eigenvalue weighted by molar-refractivity contribution is -0.123. The quantitative estimate of drug-likeness (QED) is 0.836. The van der Waals surface area contributed by atoms with Gasteiger partial charge in [0, 0.05) is 5.92 Å². The molecule has 5 heteroatoms. The predicted octanol–water partition coefficient (Wildman–Crippen LogP) is 1.55. The third-order valence-corrected chi connectivity index (χ3v) is 3.75. The molecule has 3 rings (SSSR count). The maximum atomic E-state index is 12.2. The van der Waals surface area contributed by atoms with Gasteiger partial charge in [0.05, 0.1) is 5.39 Å². The summed E-state index contributed by atoms with van der Waals surface area (Å²) in [6.07, 6.45) is 4.09. The van der Waals surface area contributed by atoms with E-state index in [2.05, 4.69) is 10.3 Å². The van der Waals surface area contributed by atoms with Crippen LogP contribution in [-0.4, -0.2) is 20.8 Å². The minimum absolute atomic E-state index is 0.0430. The largest absolute Gasteiger partial charge is 0.297 e. The zero-order valence-electron chi connectivity index (χ0n) is 10.6. The van der Waals surface area contributed by atoms with Crippen LogP contribution in [0.3, 0.4) is 0 Å². The average Bonchev–Trinajstić information content (AvgIpc) is 2.96. The molecule has 1 aromatic carbocycles. The Kier molecular flexibility index (Phi) is 3.11. The zero-order chi connectivity index (χ0) is 13.2. The average molecular weight is 257 g/mol. The van der Waals surface area contributed by atoms with E-state index in [1.54, 1.807) is 18.2 Å². The second-order valence-corrected chi connectivity index (χ2v) is 5.02. The van der Waals surface area contributed by atoms with E-state index in [0.717, 1.165) is 25.7 Å². The number of hydrogen-bond donors (Lipinski definition) is 0. The maximum absolute atomic E-state index is 12.2. The Morgan fingerprint density at radius 1 is 1.26 bits per heavy atom. The van der Waals surface area contributed by atoms with Gasteiger partial charge < -0.3 is 0 Å². The molecule has 0 radical (unpaired) electrons. The molecule has 19 heavy (non-hydrogen) atoms. The molecule has 0 saturated heterocycles. The van der Waals surface area contributed by atoms with Gasteiger partial charge in [-0.25, -0.2) is 4.68 Å². The van der Waals surface area contributed by atoms with E-state index in [9.17, 15) is 9.59 Å². The second-order valence-electron chi connectivity index (χ2n) is 5.02. The van der Waals surface area contributed by atoms with Crippen LogP contribution < -0.4 is 5.56 Å². The summed E-state index contributed by atoms with van der Waals surface area (Å²) >= 11 is 0. The molecule has 0 N–H and O–H groups in total. The standard InChI is InChI=1S/C14H15N3O2/c18-13(10-5-1-2-6-10)9-17-14(19)11-7-3-4-8-12(11)15-16-17/h3-4,7-8,10H,1-2,5-6,9H2. The van der Waals surface area contributed by atoms with Crippen molar-refractivity contribution in [3.8, 4) is 0 Å². The van der Waals surface area contributed by atoms with E-state index < -0.39 is 0 Å². The maximum Gasteiger partial charge on any atom is 0.278 e. The molecule has 1 fully saturated rings. The first kappa shape index (κ1) is 12.0. The number of ketones is 1. The van der Waals surface area contributed by atoms with E-state index >= 15 is 0 Å². The van der Waals surface area contributed by atoms with E-state index in [-0.39, 0.29) is 23.8 Å². The summed E-state index contributed by atoms with van der Waals surface area (Å²) in [7, 11) is 0. The van der Waals surface area contributed by atoms with Crippen molar-refractivity contribution in [2.45, 2.75) is 32.2 Å². The smallest absolute Gasteiger partial charge is 0.278 e. The van der Waals surface area contributed by atoms with Gasteiger partial charge in [0.1, 0.15) is 12.1 Å². The van der Waals surface area contributed by atoms with Crippen molar-refractivity contribution in [3.63, 3.8) is 0 Å². The number of fused-ring (bicyclic) bond motifs is 1. The van der Waals surface area contributed by atoms with E-state index in [4.69, 9.17) is 0 Å². The van der Waals surface area contributed by atoms with Crippen LogP contribution in [0.5, 0.6) is 0 Å². The number of nitrogens with zero attached hydrogens (tertiary/aromatic N) is 3. The molecular weight excluding hydrogens is 242 g/mol. The molecule has 0 atom stereocenters. The number of carbonyl (C=O) groups excluding carboxylic acids is 1. The summed E-state index contributed by atoms with van der Waals surface area (Å²) in [4.78, 5) is 24.3. The number of Topliss-reactive ketones (excluding diaryl/α,β-unsaturated/α-hetero) is 1. The van der Waals surface area contributed by atoms with E-state index in [1.165, 1.54) is 4.68 Å².